The number of hydrogen-bond acceptors (Lipinski definition) is 2. The molecule has 104 valence electrons. The molecule has 1 aliphatic carbocycles. The van der Waals surface area contributed by atoms with Gasteiger partial charge in [0.25, 0.3) is 0 Å². The molecule has 0 unspecified atom stereocenters. The van der Waals surface area contributed by atoms with E-state index >= 15 is 0 Å². The minimum absolute atomic E-state index is 0.571. The van der Waals surface area contributed by atoms with Gasteiger partial charge >= 0.3 is 0 Å². The number of nitrogens with zero attached hydrogens (tertiary/aromatic N) is 1. The van der Waals surface area contributed by atoms with Crippen LogP contribution in [-0.2, 0) is 4.74 Å². The van der Waals surface area contributed by atoms with Crippen LogP contribution in [0.5, 0.6) is 0 Å². The quantitative estimate of drug-likeness (QED) is 0.806. The van der Waals surface area contributed by atoms with Crippen LogP contribution in [0, 0.1) is 5.92 Å². The fourth-order valence-electron chi connectivity index (χ4n) is 3.22. The van der Waals surface area contributed by atoms with Gasteiger partial charge in [0.2, 0.25) is 0 Å². The second-order valence-electron chi connectivity index (χ2n) is 6.37. The van der Waals surface area contributed by atoms with Gasteiger partial charge in [0.15, 0.2) is 0 Å². The molecule has 1 saturated heterocycles. The van der Waals surface area contributed by atoms with Gasteiger partial charge in [-0.3, -0.25) is 0 Å². The molecule has 1 aromatic rings. The van der Waals surface area contributed by atoms with Crippen molar-refractivity contribution in [2.24, 2.45) is 5.92 Å². The summed E-state index contributed by atoms with van der Waals surface area (Å²) < 4.78 is 5.58. The Morgan fingerprint density at radius 1 is 1.16 bits per heavy atom. The first-order valence-electron chi connectivity index (χ1n) is 7.64. The summed E-state index contributed by atoms with van der Waals surface area (Å²) in [5.41, 5.74) is 4.49. The van der Waals surface area contributed by atoms with E-state index in [-0.39, 0.29) is 0 Å². The fraction of sp³-hybridized carbons (Fsp3) is 0.647. The zero-order chi connectivity index (χ0) is 13.4. The Kier molecular flexibility index (Phi) is 3.53. The van der Waals surface area contributed by atoms with Gasteiger partial charge in [-0.15, -0.1) is 0 Å². The first-order valence-corrected chi connectivity index (χ1v) is 7.64. The van der Waals surface area contributed by atoms with Gasteiger partial charge in [-0.2, -0.15) is 0 Å². The molecule has 2 fully saturated rings. The summed E-state index contributed by atoms with van der Waals surface area (Å²) in [4.78, 5) is 2.43. The van der Waals surface area contributed by atoms with Crippen molar-refractivity contribution in [3.8, 4) is 0 Å². The molecule has 1 heterocycles. The Morgan fingerprint density at radius 2 is 1.89 bits per heavy atom. The molecule has 1 atom stereocenters. The summed E-state index contributed by atoms with van der Waals surface area (Å²) in [6.07, 6.45) is 2.81. The summed E-state index contributed by atoms with van der Waals surface area (Å²) in [5, 5.41) is 0. The molecule has 2 nitrogen and oxygen atoms in total. The Bertz CT molecular complexity index is 445. The Morgan fingerprint density at radius 3 is 2.47 bits per heavy atom. The molecule has 0 bridgehead atoms. The van der Waals surface area contributed by atoms with E-state index in [0.29, 0.717) is 11.8 Å². The van der Waals surface area contributed by atoms with Crippen LogP contribution in [-0.4, -0.2) is 19.9 Å². The molecule has 1 aromatic carbocycles. The van der Waals surface area contributed by atoms with E-state index in [1.807, 2.05) is 0 Å². The minimum atomic E-state index is 0.571. The highest BCUT2D eigenvalue weighted by atomic mass is 16.5. The average Bonchev–Trinajstić information content (AvgIpc) is 3.12. The average molecular weight is 259 g/mol. The topological polar surface area (TPSA) is 12.5 Å². The highest BCUT2D eigenvalue weighted by Crippen LogP contribution is 2.46. The monoisotopic (exact) mass is 259 g/mol. The fourth-order valence-corrected chi connectivity index (χ4v) is 3.22. The van der Waals surface area contributed by atoms with Crippen LogP contribution >= 0.6 is 0 Å². The molecule has 1 aliphatic heterocycles. The van der Waals surface area contributed by atoms with E-state index in [1.165, 1.54) is 24.1 Å². The molecule has 2 aliphatic rings. The van der Waals surface area contributed by atoms with Crippen molar-refractivity contribution in [1.29, 1.82) is 0 Å². The third-order valence-electron chi connectivity index (χ3n) is 4.61. The molecule has 0 N–H and O–H groups in total. The molecule has 0 amide bonds. The molecule has 19 heavy (non-hydrogen) atoms. The molecule has 0 aromatic heterocycles. The second-order valence-corrected chi connectivity index (χ2v) is 6.37. The van der Waals surface area contributed by atoms with Gasteiger partial charge in [-0.1, -0.05) is 39.0 Å². The van der Waals surface area contributed by atoms with Gasteiger partial charge in [0.05, 0.1) is 6.61 Å². The summed E-state index contributed by atoms with van der Waals surface area (Å²) >= 11 is 0. The summed E-state index contributed by atoms with van der Waals surface area (Å²) in [7, 11) is 0. The lowest BCUT2D eigenvalue weighted by molar-refractivity contribution is 0.201. The van der Waals surface area contributed by atoms with Crippen molar-refractivity contribution in [1.82, 2.24) is 0 Å². The normalized spacial score (nSPS) is 21.2. The zero-order valence-corrected chi connectivity index (χ0v) is 12.4. The Labute approximate surface area is 116 Å². The summed E-state index contributed by atoms with van der Waals surface area (Å²) in [6.45, 7) is 9.64. The van der Waals surface area contributed by atoms with Crippen LogP contribution in [0.1, 0.15) is 56.6 Å². The maximum Gasteiger partial charge on any atom is 0.119 e. The summed E-state index contributed by atoms with van der Waals surface area (Å²) in [6, 6.07) is 6.87. The third kappa shape index (κ3) is 2.51. The number of hydrogen-bond donors (Lipinski definition) is 0. The van der Waals surface area contributed by atoms with Crippen molar-refractivity contribution in [2.75, 3.05) is 24.8 Å². The van der Waals surface area contributed by atoms with E-state index < -0.39 is 0 Å². The van der Waals surface area contributed by atoms with Crippen LogP contribution in [0.4, 0.5) is 5.69 Å². The first-order chi connectivity index (χ1) is 9.18. The van der Waals surface area contributed by atoms with E-state index in [1.54, 1.807) is 5.56 Å². The maximum absolute atomic E-state index is 5.58. The summed E-state index contributed by atoms with van der Waals surface area (Å²) in [5.74, 6) is 2.17. The zero-order valence-electron chi connectivity index (χ0n) is 12.4. The number of ether oxygens (including phenoxy) is 1. The lowest BCUT2D eigenvalue weighted by Crippen LogP contribution is -2.23. The standard InChI is InChI=1S/C17H25NO/c1-12(2)15-5-4-6-16(13(3)14-7-8-14)17(15)18-9-10-19-11-18/h4-6,12-14H,7-11H2,1-3H3/t13-/m1/s1. The van der Waals surface area contributed by atoms with Crippen LogP contribution in [0.2, 0.25) is 0 Å². The molecule has 3 rings (SSSR count). The van der Waals surface area contributed by atoms with Crippen LogP contribution in [0.15, 0.2) is 18.2 Å². The highest BCUT2D eigenvalue weighted by molar-refractivity contribution is 5.62. The van der Waals surface area contributed by atoms with Crippen LogP contribution in [0.25, 0.3) is 0 Å². The van der Waals surface area contributed by atoms with Gasteiger partial charge < -0.3 is 9.64 Å². The lowest BCUT2D eigenvalue weighted by Gasteiger charge is -2.27. The van der Waals surface area contributed by atoms with Crippen LogP contribution < -0.4 is 4.90 Å². The predicted molar refractivity (Wildman–Crippen MR) is 79.8 cm³/mol. The van der Waals surface area contributed by atoms with Crippen LogP contribution in [0.3, 0.4) is 0 Å². The molecule has 2 heteroatoms. The Hall–Kier alpha value is -1.02. The van der Waals surface area contributed by atoms with Gasteiger partial charge in [0, 0.05) is 12.2 Å². The molecule has 0 radical (unpaired) electrons. The van der Waals surface area contributed by atoms with E-state index in [0.717, 1.165) is 25.8 Å². The number of para-hydroxylation sites is 1. The molecule has 0 spiro atoms. The van der Waals surface area contributed by atoms with Crippen molar-refractivity contribution in [3.63, 3.8) is 0 Å². The van der Waals surface area contributed by atoms with Gasteiger partial charge in [-0.25, -0.2) is 0 Å². The largest absolute Gasteiger partial charge is 0.359 e. The van der Waals surface area contributed by atoms with Gasteiger partial charge in [-0.05, 0) is 41.7 Å². The number of anilines is 1. The third-order valence-corrected chi connectivity index (χ3v) is 4.61. The van der Waals surface area contributed by atoms with E-state index in [4.69, 9.17) is 4.74 Å². The maximum atomic E-state index is 5.58. The van der Waals surface area contributed by atoms with E-state index in [9.17, 15) is 0 Å². The van der Waals surface area contributed by atoms with Gasteiger partial charge in [0.1, 0.15) is 6.73 Å². The van der Waals surface area contributed by atoms with Crippen molar-refractivity contribution in [2.45, 2.75) is 45.4 Å². The van der Waals surface area contributed by atoms with Crippen molar-refractivity contribution in [3.05, 3.63) is 29.3 Å². The predicted octanol–water partition coefficient (Wildman–Crippen LogP) is 4.12. The van der Waals surface area contributed by atoms with Crippen molar-refractivity contribution >= 4 is 5.69 Å². The smallest absolute Gasteiger partial charge is 0.119 e. The second kappa shape index (κ2) is 5.16. The Balaban J connectivity index is 2.03. The number of benzene rings is 1. The molecular weight excluding hydrogens is 234 g/mol. The minimum Gasteiger partial charge on any atom is -0.359 e. The first kappa shape index (κ1) is 13.0. The highest BCUT2D eigenvalue weighted by Gasteiger charge is 2.32. The number of rotatable bonds is 4. The SMILES string of the molecule is CC(C)c1cccc([C@H](C)C2CC2)c1N1CCOC1. The molecular formula is C17H25NO. The molecule has 1 saturated carbocycles. The van der Waals surface area contributed by atoms with Crippen molar-refractivity contribution < 1.29 is 4.74 Å². The van der Waals surface area contributed by atoms with E-state index in [2.05, 4.69) is 43.9 Å². The lowest BCUT2D eigenvalue weighted by atomic mass is 9.89.